The summed E-state index contributed by atoms with van der Waals surface area (Å²) in [5, 5.41) is 33.6. The van der Waals surface area contributed by atoms with E-state index < -0.39 is 18.2 Å². The van der Waals surface area contributed by atoms with Gasteiger partial charge in [-0.05, 0) is 12.8 Å². The number of aliphatic hydroxyl groups excluding tert-OH is 3. The SMILES string of the molecule is CCCCCCCCCCCCCCCCCCCCCCCCCCCCC(O)CC(=O)NC(CO)C(O)CCCCCCCCCCCCCCCCCCCC. The molecule has 59 heavy (non-hydrogen) atoms. The highest BCUT2D eigenvalue weighted by Crippen LogP contribution is 2.18. The van der Waals surface area contributed by atoms with Crippen LogP contribution in [0.3, 0.4) is 0 Å². The van der Waals surface area contributed by atoms with Crippen LogP contribution in [0.15, 0.2) is 0 Å². The van der Waals surface area contributed by atoms with E-state index in [1.807, 2.05) is 0 Å². The molecule has 5 heteroatoms. The van der Waals surface area contributed by atoms with Gasteiger partial charge in [0.15, 0.2) is 0 Å². The average Bonchev–Trinajstić information content (AvgIpc) is 3.23. The second-order valence-electron chi connectivity index (χ2n) is 19.2. The molecular formula is C54H109NO4. The Morgan fingerprint density at radius 1 is 0.356 bits per heavy atom. The van der Waals surface area contributed by atoms with Gasteiger partial charge in [0.1, 0.15) is 0 Å². The topological polar surface area (TPSA) is 89.8 Å². The van der Waals surface area contributed by atoms with E-state index >= 15 is 0 Å². The number of carbonyl (C=O) groups excluding carboxylic acids is 1. The molecule has 3 unspecified atom stereocenters. The maximum atomic E-state index is 12.5. The quantitative estimate of drug-likeness (QED) is 0.0460. The summed E-state index contributed by atoms with van der Waals surface area (Å²) >= 11 is 0. The lowest BCUT2D eigenvalue weighted by Crippen LogP contribution is -2.46. The van der Waals surface area contributed by atoms with E-state index in [0.717, 1.165) is 25.7 Å². The number of unbranched alkanes of at least 4 members (excludes halogenated alkanes) is 42. The van der Waals surface area contributed by atoms with Crippen molar-refractivity contribution in [3.8, 4) is 0 Å². The molecule has 0 aliphatic rings. The first-order chi connectivity index (χ1) is 29.0. The maximum Gasteiger partial charge on any atom is 0.222 e. The predicted molar refractivity (Wildman–Crippen MR) is 259 cm³/mol. The van der Waals surface area contributed by atoms with Crippen LogP contribution in [-0.4, -0.2) is 46.1 Å². The van der Waals surface area contributed by atoms with Crippen molar-refractivity contribution in [3.05, 3.63) is 0 Å². The van der Waals surface area contributed by atoms with Gasteiger partial charge in [-0.2, -0.15) is 0 Å². The van der Waals surface area contributed by atoms with Crippen LogP contribution in [0.5, 0.6) is 0 Å². The van der Waals surface area contributed by atoms with Crippen LogP contribution in [-0.2, 0) is 4.79 Å². The van der Waals surface area contributed by atoms with Crippen LogP contribution in [0.2, 0.25) is 0 Å². The van der Waals surface area contributed by atoms with Crippen LogP contribution in [0.4, 0.5) is 0 Å². The summed E-state index contributed by atoms with van der Waals surface area (Å²) < 4.78 is 0. The lowest BCUT2D eigenvalue weighted by Gasteiger charge is -2.23. The molecule has 354 valence electrons. The lowest BCUT2D eigenvalue weighted by molar-refractivity contribution is -0.125. The van der Waals surface area contributed by atoms with Gasteiger partial charge < -0.3 is 20.6 Å². The number of hydrogen-bond acceptors (Lipinski definition) is 4. The minimum Gasteiger partial charge on any atom is -0.394 e. The zero-order valence-corrected chi connectivity index (χ0v) is 40.4. The minimum atomic E-state index is -0.745. The van der Waals surface area contributed by atoms with E-state index in [2.05, 4.69) is 19.2 Å². The monoisotopic (exact) mass is 836 g/mol. The Hall–Kier alpha value is -0.650. The molecule has 0 aromatic rings. The molecule has 0 aliphatic heterocycles. The van der Waals surface area contributed by atoms with E-state index in [0.29, 0.717) is 12.8 Å². The zero-order valence-electron chi connectivity index (χ0n) is 40.4. The van der Waals surface area contributed by atoms with Crippen LogP contribution in [0, 0.1) is 0 Å². The summed E-state index contributed by atoms with van der Waals surface area (Å²) in [5.74, 6) is -0.275. The fraction of sp³-hybridized carbons (Fsp3) is 0.981. The third kappa shape index (κ3) is 46.7. The van der Waals surface area contributed by atoms with Gasteiger partial charge in [-0.25, -0.2) is 0 Å². The molecule has 0 radical (unpaired) electrons. The predicted octanol–water partition coefficient (Wildman–Crippen LogP) is 16.6. The Labute approximate surface area is 370 Å². The summed E-state index contributed by atoms with van der Waals surface area (Å²) in [6.45, 7) is 4.31. The van der Waals surface area contributed by atoms with Crippen LogP contribution < -0.4 is 5.32 Å². The first-order valence-electron chi connectivity index (χ1n) is 27.3. The van der Waals surface area contributed by atoms with Gasteiger partial charge in [0.25, 0.3) is 0 Å². The van der Waals surface area contributed by atoms with Crippen molar-refractivity contribution in [1.29, 1.82) is 0 Å². The van der Waals surface area contributed by atoms with E-state index in [4.69, 9.17) is 0 Å². The van der Waals surface area contributed by atoms with Crippen molar-refractivity contribution in [2.45, 2.75) is 334 Å². The second-order valence-corrected chi connectivity index (χ2v) is 19.2. The van der Waals surface area contributed by atoms with E-state index in [1.165, 1.54) is 257 Å². The lowest BCUT2D eigenvalue weighted by atomic mass is 10.0. The Kier molecular flexibility index (Phi) is 49.4. The Morgan fingerprint density at radius 2 is 0.576 bits per heavy atom. The van der Waals surface area contributed by atoms with Gasteiger partial charge in [-0.3, -0.25) is 4.79 Å². The highest BCUT2D eigenvalue weighted by Gasteiger charge is 2.21. The fourth-order valence-electron chi connectivity index (χ4n) is 9.00. The largest absolute Gasteiger partial charge is 0.394 e. The molecule has 0 aliphatic carbocycles. The summed E-state index contributed by atoms with van der Waals surface area (Å²) in [7, 11) is 0. The molecule has 0 aromatic carbocycles. The van der Waals surface area contributed by atoms with E-state index in [-0.39, 0.29) is 18.9 Å². The Bertz CT molecular complexity index is 792. The number of amides is 1. The van der Waals surface area contributed by atoms with Gasteiger partial charge in [0, 0.05) is 0 Å². The number of carbonyl (C=O) groups is 1. The number of nitrogens with one attached hydrogen (secondary N) is 1. The zero-order chi connectivity index (χ0) is 43.0. The summed E-state index contributed by atoms with van der Waals surface area (Å²) in [5.41, 5.74) is 0. The van der Waals surface area contributed by atoms with Crippen molar-refractivity contribution in [2.24, 2.45) is 0 Å². The molecule has 0 bridgehead atoms. The van der Waals surface area contributed by atoms with Crippen LogP contribution in [0.1, 0.15) is 316 Å². The molecule has 4 N–H and O–H groups in total. The molecular weight excluding hydrogens is 727 g/mol. The van der Waals surface area contributed by atoms with Crippen molar-refractivity contribution < 1.29 is 20.1 Å². The first-order valence-corrected chi connectivity index (χ1v) is 27.3. The molecule has 1 amide bonds. The van der Waals surface area contributed by atoms with Crippen molar-refractivity contribution in [3.63, 3.8) is 0 Å². The molecule has 5 nitrogen and oxygen atoms in total. The van der Waals surface area contributed by atoms with Crippen LogP contribution >= 0.6 is 0 Å². The van der Waals surface area contributed by atoms with Crippen LogP contribution in [0.25, 0.3) is 0 Å². The van der Waals surface area contributed by atoms with Gasteiger partial charge in [-0.15, -0.1) is 0 Å². The second kappa shape index (κ2) is 50.0. The normalized spacial score (nSPS) is 13.2. The van der Waals surface area contributed by atoms with Crippen molar-refractivity contribution in [2.75, 3.05) is 6.61 Å². The number of hydrogen-bond donors (Lipinski definition) is 4. The highest BCUT2D eigenvalue weighted by atomic mass is 16.3. The van der Waals surface area contributed by atoms with Gasteiger partial charge in [-0.1, -0.05) is 296 Å². The highest BCUT2D eigenvalue weighted by molar-refractivity contribution is 5.76. The molecule has 3 atom stereocenters. The molecule has 0 saturated heterocycles. The molecule has 0 saturated carbocycles. The molecule has 0 heterocycles. The summed E-state index contributed by atoms with van der Waals surface area (Å²) in [6, 6.07) is -0.653. The smallest absolute Gasteiger partial charge is 0.222 e. The average molecular weight is 836 g/mol. The standard InChI is InChI=1S/C54H109NO4/c1-3-5-7-9-11-13-15-17-19-21-23-24-25-26-27-28-29-30-31-33-35-37-39-41-43-45-47-51(57)49-54(59)55-52(50-56)53(58)48-46-44-42-40-38-36-34-32-22-20-18-16-14-12-10-8-6-4-2/h51-53,56-58H,3-50H2,1-2H3,(H,55,59). The molecule has 0 fully saturated rings. The van der Waals surface area contributed by atoms with Gasteiger partial charge in [0.05, 0.1) is 31.3 Å². The van der Waals surface area contributed by atoms with Gasteiger partial charge in [0.2, 0.25) is 5.91 Å². The maximum absolute atomic E-state index is 12.5. The number of rotatable bonds is 51. The van der Waals surface area contributed by atoms with E-state index in [1.54, 1.807) is 0 Å². The number of aliphatic hydroxyl groups is 3. The summed E-state index contributed by atoms with van der Waals surface area (Å²) in [6.07, 6.45) is 59.7. The third-order valence-electron chi connectivity index (χ3n) is 13.2. The summed E-state index contributed by atoms with van der Waals surface area (Å²) in [4.78, 5) is 12.5. The first kappa shape index (κ1) is 58.4. The third-order valence-corrected chi connectivity index (χ3v) is 13.2. The minimum absolute atomic E-state index is 0.0435. The fourth-order valence-corrected chi connectivity index (χ4v) is 9.00. The Morgan fingerprint density at radius 3 is 0.814 bits per heavy atom. The molecule has 0 aromatic heterocycles. The van der Waals surface area contributed by atoms with E-state index in [9.17, 15) is 20.1 Å². The van der Waals surface area contributed by atoms with Crippen molar-refractivity contribution in [1.82, 2.24) is 5.32 Å². The molecule has 0 spiro atoms. The van der Waals surface area contributed by atoms with Crippen molar-refractivity contribution >= 4 is 5.91 Å². The molecule has 0 rings (SSSR count). The Balaban J connectivity index is 3.48. The van der Waals surface area contributed by atoms with Gasteiger partial charge >= 0.3 is 0 Å².